The van der Waals surface area contributed by atoms with E-state index >= 15 is 0 Å². The predicted octanol–water partition coefficient (Wildman–Crippen LogP) is 3.17. The molecule has 0 radical (unpaired) electrons. The summed E-state index contributed by atoms with van der Waals surface area (Å²) in [5, 5.41) is 9.66. The topological polar surface area (TPSA) is 81.3 Å². The van der Waals surface area contributed by atoms with Gasteiger partial charge in [-0.25, -0.2) is 4.79 Å². The Morgan fingerprint density at radius 1 is 1.04 bits per heavy atom. The van der Waals surface area contributed by atoms with Crippen molar-refractivity contribution in [2.24, 2.45) is 0 Å². The second-order valence-electron chi connectivity index (χ2n) is 5.64. The van der Waals surface area contributed by atoms with Crippen LogP contribution in [0.1, 0.15) is 15.9 Å². The van der Waals surface area contributed by atoms with Crippen molar-refractivity contribution in [1.82, 2.24) is 4.57 Å². The molecular formula is C21H16N2O4. The van der Waals surface area contributed by atoms with Gasteiger partial charge < -0.3 is 9.47 Å². The van der Waals surface area contributed by atoms with E-state index in [2.05, 4.69) is 0 Å². The minimum absolute atomic E-state index is 0.125. The van der Waals surface area contributed by atoms with Crippen LogP contribution in [0.5, 0.6) is 5.75 Å². The number of nitriles is 1. The molecule has 0 spiro atoms. The second kappa shape index (κ2) is 7.58. The highest BCUT2D eigenvalue weighted by molar-refractivity contribution is 5.98. The normalized spacial score (nSPS) is 10.1. The fourth-order valence-corrected chi connectivity index (χ4v) is 2.82. The van der Waals surface area contributed by atoms with E-state index in [9.17, 15) is 14.9 Å². The van der Waals surface area contributed by atoms with E-state index < -0.39 is 11.5 Å². The van der Waals surface area contributed by atoms with Crippen LogP contribution < -0.4 is 10.3 Å². The second-order valence-corrected chi connectivity index (χ2v) is 5.64. The number of hydrogen-bond donors (Lipinski definition) is 0. The number of carbonyl (C=O) groups excluding carboxylic acids is 1. The van der Waals surface area contributed by atoms with Crippen LogP contribution in [-0.2, 0) is 4.74 Å². The first kappa shape index (κ1) is 18.0. The SMILES string of the molecule is COC(=O)c1cn(-c2ccc(OC)cc2)c(=O)c(C#N)c1-c1ccccc1. The number of rotatable bonds is 4. The Bertz CT molecular complexity index is 1080. The molecule has 0 aliphatic rings. The van der Waals surface area contributed by atoms with E-state index in [1.165, 1.54) is 17.9 Å². The van der Waals surface area contributed by atoms with Gasteiger partial charge in [0.15, 0.2) is 0 Å². The van der Waals surface area contributed by atoms with Crippen LogP contribution in [0.15, 0.2) is 65.6 Å². The highest BCUT2D eigenvalue weighted by atomic mass is 16.5. The summed E-state index contributed by atoms with van der Waals surface area (Å²) in [7, 11) is 2.80. The third kappa shape index (κ3) is 3.31. The van der Waals surface area contributed by atoms with Gasteiger partial charge in [-0.05, 0) is 29.8 Å². The van der Waals surface area contributed by atoms with Gasteiger partial charge in [-0.15, -0.1) is 0 Å². The molecule has 1 aromatic heterocycles. The molecule has 2 aromatic carbocycles. The minimum Gasteiger partial charge on any atom is -0.497 e. The minimum atomic E-state index is -0.632. The molecular weight excluding hydrogens is 344 g/mol. The summed E-state index contributed by atoms with van der Waals surface area (Å²) in [6.45, 7) is 0. The summed E-state index contributed by atoms with van der Waals surface area (Å²) in [6, 6.07) is 17.5. The van der Waals surface area contributed by atoms with Crippen LogP contribution in [0.2, 0.25) is 0 Å². The molecule has 0 unspecified atom stereocenters. The Kier molecular flexibility index (Phi) is 5.04. The third-order valence-corrected chi connectivity index (χ3v) is 4.14. The van der Waals surface area contributed by atoms with Crippen LogP contribution >= 0.6 is 0 Å². The van der Waals surface area contributed by atoms with Gasteiger partial charge in [0, 0.05) is 17.4 Å². The molecule has 3 rings (SSSR count). The predicted molar refractivity (Wildman–Crippen MR) is 100 cm³/mol. The van der Waals surface area contributed by atoms with Crippen LogP contribution in [-0.4, -0.2) is 24.8 Å². The van der Waals surface area contributed by atoms with E-state index in [1.54, 1.807) is 55.6 Å². The molecule has 3 aromatic rings. The van der Waals surface area contributed by atoms with Gasteiger partial charge in [-0.1, -0.05) is 30.3 Å². The lowest BCUT2D eigenvalue weighted by atomic mass is 9.96. The molecule has 6 nitrogen and oxygen atoms in total. The molecule has 6 heteroatoms. The summed E-state index contributed by atoms with van der Waals surface area (Å²) in [4.78, 5) is 25.4. The third-order valence-electron chi connectivity index (χ3n) is 4.14. The first-order valence-electron chi connectivity index (χ1n) is 8.08. The van der Waals surface area contributed by atoms with Crippen molar-refractivity contribution in [3.63, 3.8) is 0 Å². The fraction of sp³-hybridized carbons (Fsp3) is 0.0952. The number of methoxy groups -OCH3 is 2. The van der Waals surface area contributed by atoms with E-state index in [0.717, 1.165) is 0 Å². The zero-order chi connectivity index (χ0) is 19.4. The largest absolute Gasteiger partial charge is 0.497 e. The Morgan fingerprint density at radius 3 is 2.26 bits per heavy atom. The van der Waals surface area contributed by atoms with Gasteiger partial charge in [0.05, 0.1) is 19.8 Å². The van der Waals surface area contributed by atoms with Gasteiger partial charge in [0.2, 0.25) is 0 Å². The van der Waals surface area contributed by atoms with Crippen molar-refractivity contribution >= 4 is 5.97 Å². The number of carbonyl (C=O) groups is 1. The summed E-state index contributed by atoms with van der Waals surface area (Å²) in [5.41, 5.74) is 0.847. The van der Waals surface area contributed by atoms with Gasteiger partial charge in [0.1, 0.15) is 17.4 Å². The lowest BCUT2D eigenvalue weighted by molar-refractivity contribution is 0.0601. The number of pyridine rings is 1. The van der Waals surface area contributed by atoms with Crippen LogP contribution in [0.4, 0.5) is 0 Å². The molecule has 0 atom stereocenters. The molecule has 0 saturated heterocycles. The van der Waals surface area contributed by atoms with Crippen molar-refractivity contribution in [2.45, 2.75) is 0 Å². The van der Waals surface area contributed by atoms with Crippen LogP contribution in [0.25, 0.3) is 16.8 Å². The number of esters is 1. The van der Waals surface area contributed by atoms with Gasteiger partial charge in [-0.2, -0.15) is 5.26 Å². The number of aromatic nitrogens is 1. The number of ether oxygens (including phenoxy) is 2. The van der Waals surface area contributed by atoms with Gasteiger partial charge in [0.25, 0.3) is 5.56 Å². The van der Waals surface area contributed by atoms with E-state index in [0.29, 0.717) is 17.0 Å². The smallest absolute Gasteiger partial charge is 0.340 e. The van der Waals surface area contributed by atoms with Crippen molar-refractivity contribution in [3.05, 3.63) is 82.3 Å². The molecule has 0 aliphatic heterocycles. The first-order chi connectivity index (χ1) is 13.1. The maximum Gasteiger partial charge on any atom is 0.340 e. The average molecular weight is 360 g/mol. The summed E-state index contributed by atoms with van der Waals surface area (Å²) in [6.07, 6.45) is 1.40. The molecule has 0 saturated carbocycles. The molecule has 0 amide bonds. The summed E-state index contributed by atoms with van der Waals surface area (Å²) in [5.74, 6) is -0.00554. The Morgan fingerprint density at radius 2 is 1.70 bits per heavy atom. The summed E-state index contributed by atoms with van der Waals surface area (Å²) < 4.78 is 11.3. The zero-order valence-corrected chi connectivity index (χ0v) is 14.8. The monoisotopic (exact) mass is 360 g/mol. The number of benzene rings is 2. The van der Waals surface area contributed by atoms with Crippen molar-refractivity contribution in [2.75, 3.05) is 14.2 Å². The highest BCUT2D eigenvalue weighted by Gasteiger charge is 2.22. The number of nitrogens with zero attached hydrogens (tertiary/aromatic N) is 2. The fourth-order valence-electron chi connectivity index (χ4n) is 2.82. The Hall–Kier alpha value is -3.85. The standard InChI is InChI=1S/C21H16N2O4/c1-26-16-10-8-15(9-11-16)23-13-18(21(25)27-2)19(17(12-22)20(23)24)14-6-4-3-5-7-14/h3-11,13H,1-2H3. The Balaban J connectivity index is 2.34. The van der Waals surface area contributed by atoms with Gasteiger partial charge >= 0.3 is 5.97 Å². The van der Waals surface area contributed by atoms with E-state index in [-0.39, 0.29) is 16.7 Å². The average Bonchev–Trinajstić information content (AvgIpc) is 2.73. The molecule has 134 valence electrons. The highest BCUT2D eigenvalue weighted by Crippen LogP contribution is 2.27. The summed E-state index contributed by atoms with van der Waals surface area (Å²) >= 11 is 0. The molecule has 0 N–H and O–H groups in total. The Labute approximate surface area is 155 Å². The van der Waals surface area contributed by atoms with Crippen molar-refractivity contribution in [3.8, 4) is 28.6 Å². The first-order valence-corrected chi connectivity index (χ1v) is 8.08. The van der Waals surface area contributed by atoms with Crippen molar-refractivity contribution < 1.29 is 14.3 Å². The maximum absolute atomic E-state index is 13.0. The quantitative estimate of drug-likeness (QED) is 0.668. The molecule has 1 heterocycles. The zero-order valence-electron chi connectivity index (χ0n) is 14.8. The molecule has 0 fully saturated rings. The lowest BCUT2D eigenvalue weighted by Gasteiger charge is -2.14. The molecule has 0 bridgehead atoms. The number of hydrogen-bond acceptors (Lipinski definition) is 5. The van der Waals surface area contributed by atoms with Crippen LogP contribution in [0.3, 0.4) is 0 Å². The lowest BCUT2D eigenvalue weighted by Crippen LogP contribution is -2.24. The van der Waals surface area contributed by atoms with Crippen molar-refractivity contribution in [1.29, 1.82) is 5.26 Å². The van der Waals surface area contributed by atoms with E-state index in [1.807, 2.05) is 12.1 Å². The molecule has 0 aliphatic carbocycles. The van der Waals surface area contributed by atoms with E-state index in [4.69, 9.17) is 9.47 Å². The van der Waals surface area contributed by atoms with Gasteiger partial charge in [-0.3, -0.25) is 9.36 Å². The molecule has 27 heavy (non-hydrogen) atoms. The maximum atomic E-state index is 13.0. The van der Waals surface area contributed by atoms with Crippen LogP contribution in [0, 0.1) is 11.3 Å².